The van der Waals surface area contributed by atoms with Crippen LogP contribution in [0.4, 0.5) is 4.79 Å². The van der Waals surface area contributed by atoms with Crippen LogP contribution in [0, 0.1) is 13.8 Å². The summed E-state index contributed by atoms with van der Waals surface area (Å²) in [6, 6.07) is 3.98. The Morgan fingerprint density at radius 3 is 2.28 bits per heavy atom. The van der Waals surface area contributed by atoms with Crippen molar-refractivity contribution >= 4 is 29.7 Å². The Balaban J connectivity index is 3.40. The highest BCUT2D eigenvalue weighted by molar-refractivity contribution is 7.98. The molecule has 7 nitrogen and oxygen atoms in total. The van der Waals surface area contributed by atoms with E-state index in [9.17, 15) is 14.4 Å². The molecule has 0 fully saturated rings. The second kappa shape index (κ2) is 15.1. The summed E-state index contributed by atoms with van der Waals surface area (Å²) in [5.41, 5.74) is 2.25. The monoisotopic (exact) mass is 521 g/mol. The van der Waals surface area contributed by atoms with Crippen LogP contribution in [-0.4, -0.2) is 59.0 Å². The number of hydrogen-bond donors (Lipinski definition) is 2. The van der Waals surface area contributed by atoms with E-state index in [0.29, 0.717) is 18.7 Å². The molecule has 204 valence electrons. The van der Waals surface area contributed by atoms with Gasteiger partial charge in [-0.3, -0.25) is 9.59 Å². The molecule has 0 aliphatic heterocycles. The molecule has 3 amide bonds. The number of hydrogen-bond acceptors (Lipinski definition) is 5. The molecule has 0 aromatic heterocycles. The Bertz CT molecular complexity index is 867. The van der Waals surface area contributed by atoms with Gasteiger partial charge in [0.05, 0.1) is 0 Å². The molecular formula is C28H47N3O4S. The SMILES string of the molecule is CCCCCNC(=O)C(c1ccc(C)c(C)c1)N(C(=O)C(CCSC)NC(=O)OC(C)(C)C)C(C)C. The lowest BCUT2D eigenvalue weighted by atomic mass is 9.97. The zero-order valence-electron chi connectivity index (χ0n) is 23.7. The Morgan fingerprint density at radius 1 is 1.08 bits per heavy atom. The lowest BCUT2D eigenvalue weighted by Gasteiger charge is -2.37. The highest BCUT2D eigenvalue weighted by Crippen LogP contribution is 2.27. The standard InChI is InChI=1S/C28H47N3O4S/c1-10-11-12-16-29-25(32)24(22-14-13-20(4)21(5)18-22)31(19(2)3)26(33)23(15-17-36-9)30-27(34)35-28(6,7)8/h13-14,18-19,23-24H,10-12,15-17H2,1-9H3,(H,29,32)(H,30,34). The fraction of sp³-hybridized carbons (Fsp3) is 0.679. The number of carbonyl (C=O) groups is 3. The molecule has 0 spiro atoms. The third kappa shape index (κ3) is 10.4. The minimum absolute atomic E-state index is 0.211. The van der Waals surface area contributed by atoms with Crippen molar-refractivity contribution in [2.45, 2.75) is 105 Å². The first-order chi connectivity index (χ1) is 16.8. The van der Waals surface area contributed by atoms with Gasteiger partial charge < -0.3 is 20.3 Å². The van der Waals surface area contributed by atoms with Gasteiger partial charge in [0, 0.05) is 12.6 Å². The number of thioether (sulfide) groups is 1. The third-order valence-corrected chi connectivity index (χ3v) is 6.51. The van der Waals surface area contributed by atoms with Crippen LogP contribution in [0.15, 0.2) is 18.2 Å². The number of carbonyl (C=O) groups excluding carboxylic acids is 3. The number of amides is 3. The van der Waals surface area contributed by atoms with E-state index in [0.717, 1.165) is 36.0 Å². The molecule has 0 radical (unpaired) electrons. The number of aryl methyl sites for hydroxylation is 2. The third-order valence-electron chi connectivity index (χ3n) is 5.86. The zero-order chi connectivity index (χ0) is 27.5. The molecule has 0 aliphatic rings. The second-order valence-corrected chi connectivity index (χ2v) is 11.5. The minimum atomic E-state index is -0.810. The van der Waals surface area contributed by atoms with Crippen LogP contribution in [-0.2, 0) is 14.3 Å². The summed E-state index contributed by atoms with van der Waals surface area (Å²) in [4.78, 5) is 41.8. The van der Waals surface area contributed by atoms with Crippen LogP contribution in [0.1, 0.15) is 90.0 Å². The molecular weight excluding hydrogens is 474 g/mol. The molecule has 0 heterocycles. The van der Waals surface area contributed by atoms with Gasteiger partial charge >= 0.3 is 6.09 Å². The quantitative estimate of drug-likeness (QED) is 0.333. The summed E-state index contributed by atoms with van der Waals surface area (Å²) in [7, 11) is 0. The number of nitrogens with zero attached hydrogens (tertiary/aromatic N) is 1. The lowest BCUT2D eigenvalue weighted by molar-refractivity contribution is -0.144. The molecule has 0 bridgehead atoms. The molecule has 1 aromatic carbocycles. The first-order valence-electron chi connectivity index (χ1n) is 13.0. The second-order valence-electron chi connectivity index (χ2n) is 10.6. The van der Waals surface area contributed by atoms with Crippen molar-refractivity contribution in [1.82, 2.24) is 15.5 Å². The van der Waals surface area contributed by atoms with E-state index < -0.39 is 23.8 Å². The summed E-state index contributed by atoms with van der Waals surface area (Å²) in [5.74, 6) is 0.171. The topological polar surface area (TPSA) is 87.7 Å². The van der Waals surface area contributed by atoms with Crippen molar-refractivity contribution in [1.29, 1.82) is 0 Å². The van der Waals surface area contributed by atoms with Crippen molar-refractivity contribution in [2.24, 2.45) is 0 Å². The van der Waals surface area contributed by atoms with Crippen molar-refractivity contribution in [3.8, 4) is 0 Å². The van der Waals surface area contributed by atoms with Gasteiger partial charge in [0.25, 0.3) is 0 Å². The molecule has 0 aliphatic carbocycles. The van der Waals surface area contributed by atoms with Crippen LogP contribution >= 0.6 is 11.8 Å². The van der Waals surface area contributed by atoms with Gasteiger partial charge in [-0.05, 0) is 90.0 Å². The molecule has 0 saturated carbocycles. The van der Waals surface area contributed by atoms with Crippen LogP contribution in [0.2, 0.25) is 0 Å². The predicted molar refractivity (Wildman–Crippen MR) is 149 cm³/mol. The molecule has 0 saturated heterocycles. The summed E-state index contributed by atoms with van der Waals surface area (Å²) in [5, 5.41) is 5.82. The van der Waals surface area contributed by atoms with Gasteiger partial charge in [-0.2, -0.15) is 11.8 Å². The van der Waals surface area contributed by atoms with E-state index in [1.807, 2.05) is 52.1 Å². The molecule has 2 unspecified atom stereocenters. The Morgan fingerprint density at radius 2 is 1.75 bits per heavy atom. The van der Waals surface area contributed by atoms with E-state index in [1.54, 1.807) is 37.4 Å². The van der Waals surface area contributed by atoms with Crippen molar-refractivity contribution in [3.05, 3.63) is 34.9 Å². The van der Waals surface area contributed by atoms with E-state index >= 15 is 0 Å². The zero-order valence-corrected chi connectivity index (χ0v) is 24.5. The molecule has 2 N–H and O–H groups in total. The van der Waals surface area contributed by atoms with Crippen LogP contribution in [0.25, 0.3) is 0 Å². The van der Waals surface area contributed by atoms with Crippen molar-refractivity contribution < 1.29 is 19.1 Å². The van der Waals surface area contributed by atoms with E-state index in [-0.39, 0.29) is 17.9 Å². The van der Waals surface area contributed by atoms with Gasteiger partial charge in [0.1, 0.15) is 17.7 Å². The van der Waals surface area contributed by atoms with Crippen molar-refractivity contribution in [3.63, 3.8) is 0 Å². The van der Waals surface area contributed by atoms with Crippen LogP contribution in [0.3, 0.4) is 0 Å². The predicted octanol–water partition coefficient (Wildman–Crippen LogP) is 5.53. The summed E-state index contributed by atoms with van der Waals surface area (Å²) in [6.45, 7) is 15.8. The van der Waals surface area contributed by atoms with Gasteiger partial charge in [-0.25, -0.2) is 4.79 Å². The van der Waals surface area contributed by atoms with Gasteiger partial charge in [0.15, 0.2) is 0 Å². The highest BCUT2D eigenvalue weighted by atomic mass is 32.2. The number of unbranched alkanes of at least 4 members (excludes halogenated alkanes) is 2. The number of benzene rings is 1. The minimum Gasteiger partial charge on any atom is -0.444 e. The molecule has 2 atom stereocenters. The van der Waals surface area contributed by atoms with Gasteiger partial charge in [-0.1, -0.05) is 38.0 Å². The first kappa shape index (κ1) is 31.8. The maximum Gasteiger partial charge on any atom is 0.408 e. The van der Waals surface area contributed by atoms with E-state index in [4.69, 9.17) is 4.74 Å². The average molecular weight is 522 g/mol. The van der Waals surface area contributed by atoms with Crippen LogP contribution in [0.5, 0.6) is 0 Å². The average Bonchev–Trinajstić information content (AvgIpc) is 2.77. The fourth-order valence-electron chi connectivity index (χ4n) is 3.86. The molecule has 8 heteroatoms. The highest BCUT2D eigenvalue weighted by Gasteiger charge is 2.37. The number of ether oxygens (including phenoxy) is 1. The van der Waals surface area contributed by atoms with Crippen LogP contribution < -0.4 is 10.6 Å². The molecule has 36 heavy (non-hydrogen) atoms. The summed E-state index contributed by atoms with van der Waals surface area (Å²) in [6.07, 6.45) is 4.71. The summed E-state index contributed by atoms with van der Waals surface area (Å²) < 4.78 is 5.43. The Hall–Kier alpha value is -2.22. The summed E-state index contributed by atoms with van der Waals surface area (Å²) >= 11 is 1.60. The van der Waals surface area contributed by atoms with Crippen molar-refractivity contribution in [2.75, 3.05) is 18.6 Å². The van der Waals surface area contributed by atoms with E-state index in [2.05, 4.69) is 17.6 Å². The molecule has 1 aromatic rings. The number of nitrogens with one attached hydrogen (secondary N) is 2. The number of rotatable bonds is 13. The smallest absolute Gasteiger partial charge is 0.408 e. The Labute approximate surface area is 222 Å². The number of alkyl carbamates (subject to hydrolysis) is 1. The maximum atomic E-state index is 14.0. The fourth-order valence-corrected chi connectivity index (χ4v) is 4.33. The normalized spacial score (nSPS) is 13.2. The Kier molecular flexibility index (Phi) is 13.4. The van der Waals surface area contributed by atoms with Gasteiger partial charge in [-0.15, -0.1) is 0 Å². The first-order valence-corrected chi connectivity index (χ1v) is 14.4. The largest absolute Gasteiger partial charge is 0.444 e. The van der Waals surface area contributed by atoms with Gasteiger partial charge in [0.2, 0.25) is 11.8 Å². The lowest BCUT2D eigenvalue weighted by Crippen LogP contribution is -2.55. The maximum absolute atomic E-state index is 14.0. The van der Waals surface area contributed by atoms with E-state index in [1.165, 1.54) is 0 Å². The molecule has 1 rings (SSSR count).